The van der Waals surface area contributed by atoms with Gasteiger partial charge in [0, 0.05) is 5.02 Å². The van der Waals surface area contributed by atoms with Crippen LogP contribution in [-0.4, -0.2) is 0 Å². The van der Waals surface area contributed by atoms with Crippen molar-refractivity contribution in [3.05, 3.63) is 69.7 Å². The van der Waals surface area contributed by atoms with Crippen LogP contribution >= 0.6 is 23.2 Å². The quantitative estimate of drug-likeness (QED) is 0.653. The lowest BCUT2D eigenvalue weighted by molar-refractivity contribution is 0.917. The first-order chi connectivity index (χ1) is 8.56. The van der Waals surface area contributed by atoms with Gasteiger partial charge in [-0.15, -0.1) is 11.6 Å². The van der Waals surface area contributed by atoms with Crippen LogP contribution in [0.5, 0.6) is 0 Å². The average molecular weight is 279 g/mol. The lowest BCUT2D eigenvalue weighted by Crippen LogP contribution is -1.96. The Hall–Kier alpha value is -0.980. The number of hydrogen-bond donors (Lipinski definition) is 0. The number of halogens is 2. The molecule has 0 amide bonds. The van der Waals surface area contributed by atoms with Crippen molar-refractivity contribution in [3.63, 3.8) is 0 Å². The molecule has 0 nitrogen and oxygen atoms in total. The zero-order chi connectivity index (χ0) is 13.1. The number of benzene rings is 2. The van der Waals surface area contributed by atoms with Crippen LogP contribution in [0.25, 0.3) is 0 Å². The predicted octanol–water partition coefficient (Wildman–Crippen LogP) is 5.48. The maximum Gasteiger partial charge on any atom is 0.0625 e. The van der Waals surface area contributed by atoms with E-state index in [0.29, 0.717) is 0 Å². The number of rotatable bonds is 3. The molecule has 18 heavy (non-hydrogen) atoms. The van der Waals surface area contributed by atoms with E-state index < -0.39 is 0 Å². The minimum atomic E-state index is -0.00984. The number of alkyl halides is 1. The van der Waals surface area contributed by atoms with E-state index in [1.54, 1.807) is 0 Å². The van der Waals surface area contributed by atoms with E-state index in [0.717, 1.165) is 17.0 Å². The summed E-state index contributed by atoms with van der Waals surface area (Å²) in [5.74, 6) is 0. The molecule has 0 aliphatic rings. The van der Waals surface area contributed by atoms with Gasteiger partial charge >= 0.3 is 0 Å². The third-order valence-electron chi connectivity index (χ3n) is 3.22. The molecule has 0 saturated heterocycles. The summed E-state index contributed by atoms with van der Waals surface area (Å²) in [6.45, 7) is 4.25. The van der Waals surface area contributed by atoms with Crippen molar-refractivity contribution >= 4 is 23.2 Å². The summed E-state index contributed by atoms with van der Waals surface area (Å²) in [7, 11) is 0. The zero-order valence-electron chi connectivity index (χ0n) is 10.6. The van der Waals surface area contributed by atoms with E-state index in [4.69, 9.17) is 23.2 Å². The van der Waals surface area contributed by atoms with Gasteiger partial charge in [-0.05, 0) is 54.7 Å². The van der Waals surface area contributed by atoms with E-state index in [1.165, 1.54) is 16.7 Å². The van der Waals surface area contributed by atoms with Crippen LogP contribution in [0.15, 0.2) is 42.5 Å². The van der Waals surface area contributed by atoms with Gasteiger partial charge in [0.15, 0.2) is 0 Å². The Kier molecular flexibility index (Phi) is 4.31. The van der Waals surface area contributed by atoms with Crippen LogP contribution in [0.1, 0.15) is 27.6 Å². The van der Waals surface area contributed by atoms with Gasteiger partial charge in [-0.25, -0.2) is 0 Å². The maximum absolute atomic E-state index is 6.44. The molecule has 2 aromatic carbocycles. The molecule has 2 aromatic rings. The molecule has 2 rings (SSSR count). The van der Waals surface area contributed by atoms with Crippen molar-refractivity contribution in [1.29, 1.82) is 0 Å². The Morgan fingerprint density at radius 3 is 2.22 bits per heavy atom. The Bertz CT molecular complexity index is 529. The van der Waals surface area contributed by atoms with Crippen molar-refractivity contribution < 1.29 is 0 Å². The fourth-order valence-corrected chi connectivity index (χ4v) is 2.38. The molecular weight excluding hydrogens is 263 g/mol. The molecule has 0 aromatic heterocycles. The maximum atomic E-state index is 6.44. The second-order valence-electron chi connectivity index (χ2n) is 4.64. The first kappa shape index (κ1) is 13.5. The first-order valence-electron chi connectivity index (χ1n) is 6.02. The normalized spacial score (nSPS) is 12.4. The second kappa shape index (κ2) is 5.77. The smallest absolute Gasteiger partial charge is 0.0625 e. The average Bonchev–Trinajstić information content (AvgIpc) is 2.34. The highest BCUT2D eigenvalue weighted by Gasteiger charge is 2.09. The molecule has 2 heteroatoms. The minimum absolute atomic E-state index is 0.00984. The molecule has 0 aliphatic carbocycles. The van der Waals surface area contributed by atoms with Gasteiger partial charge in [-0.3, -0.25) is 0 Å². The SMILES string of the molecule is Cc1ccc(CC(Cl)c2ccc(Cl)cc2)cc1C. The summed E-state index contributed by atoms with van der Waals surface area (Å²) < 4.78 is 0. The van der Waals surface area contributed by atoms with Gasteiger partial charge in [-0.1, -0.05) is 41.9 Å². The van der Waals surface area contributed by atoms with Gasteiger partial charge in [0.25, 0.3) is 0 Å². The van der Waals surface area contributed by atoms with Crippen LogP contribution in [-0.2, 0) is 6.42 Å². The van der Waals surface area contributed by atoms with Crippen LogP contribution in [0.2, 0.25) is 5.02 Å². The van der Waals surface area contributed by atoms with Crippen molar-refractivity contribution in [3.8, 4) is 0 Å². The van der Waals surface area contributed by atoms with Crippen LogP contribution in [0, 0.1) is 13.8 Å². The Morgan fingerprint density at radius 2 is 1.61 bits per heavy atom. The third-order valence-corrected chi connectivity index (χ3v) is 3.88. The highest BCUT2D eigenvalue weighted by atomic mass is 35.5. The van der Waals surface area contributed by atoms with Crippen LogP contribution < -0.4 is 0 Å². The summed E-state index contributed by atoms with van der Waals surface area (Å²) in [6.07, 6.45) is 0.838. The molecule has 0 bridgehead atoms. The predicted molar refractivity (Wildman–Crippen MR) is 79.7 cm³/mol. The van der Waals surface area contributed by atoms with Gasteiger partial charge < -0.3 is 0 Å². The number of aryl methyl sites for hydroxylation is 2. The van der Waals surface area contributed by atoms with Gasteiger partial charge in [0.05, 0.1) is 5.38 Å². The highest BCUT2D eigenvalue weighted by Crippen LogP contribution is 2.26. The van der Waals surface area contributed by atoms with Crippen molar-refractivity contribution in [1.82, 2.24) is 0 Å². The lowest BCUT2D eigenvalue weighted by Gasteiger charge is -2.11. The fraction of sp³-hybridized carbons (Fsp3) is 0.250. The first-order valence-corrected chi connectivity index (χ1v) is 6.83. The van der Waals surface area contributed by atoms with Crippen molar-refractivity contribution in [2.75, 3.05) is 0 Å². The lowest BCUT2D eigenvalue weighted by atomic mass is 10.0. The van der Waals surface area contributed by atoms with E-state index >= 15 is 0 Å². The minimum Gasteiger partial charge on any atom is -0.117 e. The van der Waals surface area contributed by atoms with E-state index in [1.807, 2.05) is 24.3 Å². The zero-order valence-corrected chi connectivity index (χ0v) is 12.1. The monoisotopic (exact) mass is 278 g/mol. The highest BCUT2D eigenvalue weighted by molar-refractivity contribution is 6.30. The molecule has 1 atom stereocenters. The summed E-state index contributed by atoms with van der Waals surface area (Å²) in [6, 6.07) is 14.2. The van der Waals surface area contributed by atoms with Gasteiger partial charge in [0.1, 0.15) is 0 Å². The molecule has 0 heterocycles. The van der Waals surface area contributed by atoms with Crippen molar-refractivity contribution in [2.45, 2.75) is 25.6 Å². The van der Waals surface area contributed by atoms with E-state index in [9.17, 15) is 0 Å². The molecule has 0 fully saturated rings. The van der Waals surface area contributed by atoms with E-state index in [2.05, 4.69) is 32.0 Å². The molecule has 0 spiro atoms. The topological polar surface area (TPSA) is 0 Å². The fourth-order valence-electron chi connectivity index (χ4n) is 1.93. The third kappa shape index (κ3) is 3.28. The summed E-state index contributed by atoms with van der Waals surface area (Å²) in [5.41, 5.74) is 5.01. The number of hydrogen-bond acceptors (Lipinski definition) is 0. The standard InChI is InChI=1S/C16H16Cl2/c1-11-3-4-13(9-12(11)2)10-16(18)14-5-7-15(17)8-6-14/h3-9,16H,10H2,1-2H3. The summed E-state index contributed by atoms with van der Waals surface area (Å²) >= 11 is 12.3. The molecule has 1 unspecified atom stereocenters. The summed E-state index contributed by atoms with van der Waals surface area (Å²) in [4.78, 5) is 0. The van der Waals surface area contributed by atoms with Gasteiger partial charge in [0.2, 0.25) is 0 Å². The van der Waals surface area contributed by atoms with E-state index in [-0.39, 0.29) is 5.38 Å². The second-order valence-corrected chi connectivity index (χ2v) is 5.61. The molecule has 0 aliphatic heterocycles. The Morgan fingerprint density at radius 1 is 0.944 bits per heavy atom. The van der Waals surface area contributed by atoms with Crippen LogP contribution in [0.4, 0.5) is 0 Å². The largest absolute Gasteiger partial charge is 0.117 e. The Labute approximate surface area is 119 Å². The van der Waals surface area contributed by atoms with Crippen molar-refractivity contribution in [2.24, 2.45) is 0 Å². The molecule has 0 radical (unpaired) electrons. The molecule has 0 N–H and O–H groups in total. The molecular formula is C16H16Cl2. The summed E-state index contributed by atoms with van der Waals surface area (Å²) in [5, 5.41) is 0.734. The van der Waals surface area contributed by atoms with Crippen LogP contribution in [0.3, 0.4) is 0 Å². The van der Waals surface area contributed by atoms with Gasteiger partial charge in [-0.2, -0.15) is 0 Å². The molecule has 0 saturated carbocycles. The Balaban J connectivity index is 2.13. The molecule has 94 valence electrons.